The van der Waals surface area contributed by atoms with Crippen LogP contribution in [0.25, 0.3) is 0 Å². The molecule has 0 radical (unpaired) electrons. The number of hydrogen-bond acceptors (Lipinski definition) is 2. The van der Waals surface area contributed by atoms with Gasteiger partial charge in [0.05, 0.1) is 12.5 Å². The van der Waals surface area contributed by atoms with Crippen LogP contribution in [0.5, 0.6) is 0 Å². The predicted octanol–water partition coefficient (Wildman–Crippen LogP) is 2.56. The normalized spacial score (nSPS) is 15.3. The van der Waals surface area contributed by atoms with Crippen molar-refractivity contribution in [1.29, 1.82) is 0 Å². The zero-order chi connectivity index (χ0) is 15.4. The molecule has 5 heteroatoms. The topological polar surface area (TPSA) is 69.6 Å². The first-order chi connectivity index (χ1) is 9.99. The van der Waals surface area contributed by atoms with Crippen LogP contribution in [0.4, 0.5) is 4.79 Å². The first kappa shape index (κ1) is 15.4. The van der Waals surface area contributed by atoms with Crippen molar-refractivity contribution in [2.24, 2.45) is 5.92 Å². The lowest BCUT2D eigenvalue weighted by Crippen LogP contribution is -2.41. The van der Waals surface area contributed by atoms with Crippen molar-refractivity contribution in [3.05, 3.63) is 35.4 Å². The van der Waals surface area contributed by atoms with Crippen molar-refractivity contribution in [2.45, 2.75) is 32.2 Å². The van der Waals surface area contributed by atoms with Crippen LogP contribution >= 0.6 is 0 Å². The summed E-state index contributed by atoms with van der Waals surface area (Å²) in [4.78, 5) is 24.2. The molecule has 1 aromatic carbocycles. The van der Waals surface area contributed by atoms with Gasteiger partial charge in [0.15, 0.2) is 0 Å². The van der Waals surface area contributed by atoms with E-state index in [4.69, 9.17) is 5.11 Å². The standard InChI is InChI=1S/C16H22N2O3/c1-11-5-3-4-6-13(11)15(12-7-8-12)17-16(21)18(2)10-9-14(19)20/h3-6,12,15H,7-10H2,1-2H3,(H,17,21)(H,19,20). The molecule has 114 valence electrons. The Morgan fingerprint density at radius 2 is 2.05 bits per heavy atom. The molecule has 1 aliphatic rings. The van der Waals surface area contributed by atoms with Crippen LogP contribution in [0.15, 0.2) is 24.3 Å². The maximum atomic E-state index is 12.2. The molecule has 21 heavy (non-hydrogen) atoms. The Bertz CT molecular complexity index is 526. The average Bonchev–Trinajstić information content (AvgIpc) is 3.27. The Hall–Kier alpha value is -2.04. The number of hydrogen-bond donors (Lipinski definition) is 2. The molecule has 2 N–H and O–H groups in total. The van der Waals surface area contributed by atoms with Gasteiger partial charge in [-0.15, -0.1) is 0 Å². The van der Waals surface area contributed by atoms with Crippen molar-refractivity contribution in [3.63, 3.8) is 0 Å². The molecule has 1 atom stereocenters. The molecule has 2 amide bonds. The number of carboxylic acids is 1. The Balaban J connectivity index is 2.02. The van der Waals surface area contributed by atoms with Crippen LogP contribution in [0.3, 0.4) is 0 Å². The summed E-state index contributed by atoms with van der Waals surface area (Å²) in [6.07, 6.45) is 2.21. The van der Waals surface area contributed by atoms with Gasteiger partial charge in [-0.2, -0.15) is 0 Å². The quantitative estimate of drug-likeness (QED) is 0.846. The van der Waals surface area contributed by atoms with Gasteiger partial charge in [0, 0.05) is 13.6 Å². The van der Waals surface area contributed by atoms with Crippen molar-refractivity contribution in [2.75, 3.05) is 13.6 Å². The summed E-state index contributed by atoms with van der Waals surface area (Å²) < 4.78 is 0. The summed E-state index contributed by atoms with van der Waals surface area (Å²) >= 11 is 0. The highest BCUT2D eigenvalue weighted by molar-refractivity contribution is 5.75. The largest absolute Gasteiger partial charge is 0.481 e. The van der Waals surface area contributed by atoms with E-state index in [-0.39, 0.29) is 25.0 Å². The van der Waals surface area contributed by atoms with Gasteiger partial charge in [-0.3, -0.25) is 4.79 Å². The van der Waals surface area contributed by atoms with E-state index in [9.17, 15) is 9.59 Å². The molecule has 0 aromatic heterocycles. The van der Waals surface area contributed by atoms with Gasteiger partial charge < -0.3 is 15.3 Å². The second kappa shape index (κ2) is 6.61. The van der Waals surface area contributed by atoms with Gasteiger partial charge in [0.25, 0.3) is 0 Å². The van der Waals surface area contributed by atoms with E-state index in [0.29, 0.717) is 5.92 Å². The number of carboxylic acid groups (broad SMARTS) is 1. The predicted molar refractivity (Wildman–Crippen MR) is 80.1 cm³/mol. The number of urea groups is 1. The van der Waals surface area contributed by atoms with Gasteiger partial charge in [-0.1, -0.05) is 24.3 Å². The molecule has 0 spiro atoms. The lowest BCUT2D eigenvalue weighted by molar-refractivity contribution is -0.137. The fraction of sp³-hybridized carbons (Fsp3) is 0.500. The zero-order valence-electron chi connectivity index (χ0n) is 12.5. The highest BCUT2D eigenvalue weighted by Gasteiger charge is 2.34. The van der Waals surface area contributed by atoms with Gasteiger partial charge in [0.2, 0.25) is 0 Å². The zero-order valence-corrected chi connectivity index (χ0v) is 12.5. The molecule has 1 aliphatic carbocycles. The minimum absolute atomic E-state index is 0.0194. The third-order valence-corrected chi connectivity index (χ3v) is 3.90. The van der Waals surface area contributed by atoms with Crippen molar-refractivity contribution >= 4 is 12.0 Å². The van der Waals surface area contributed by atoms with Crippen LogP contribution in [0.1, 0.15) is 36.4 Å². The Morgan fingerprint density at radius 3 is 2.62 bits per heavy atom. The third kappa shape index (κ3) is 4.21. The number of benzene rings is 1. The van der Waals surface area contributed by atoms with E-state index < -0.39 is 5.97 Å². The molecule has 1 saturated carbocycles. The smallest absolute Gasteiger partial charge is 0.317 e. The molecule has 2 rings (SSSR count). The van der Waals surface area contributed by atoms with E-state index in [2.05, 4.69) is 11.4 Å². The molecule has 0 saturated heterocycles. The first-order valence-electron chi connectivity index (χ1n) is 7.28. The maximum absolute atomic E-state index is 12.2. The molecular formula is C16H22N2O3. The van der Waals surface area contributed by atoms with Crippen LogP contribution in [-0.4, -0.2) is 35.6 Å². The van der Waals surface area contributed by atoms with Gasteiger partial charge >= 0.3 is 12.0 Å². The fourth-order valence-corrected chi connectivity index (χ4v) is 2.42. The van der Waals surface area contributed by atoms with Crippen LogP contribution in [0, 0.1) is 12.8 Å². The van der Waals surface area contributed by atoms with Gasteiger partial charge in [0.1, 0.15) is 0 Å². The Morgan fingerprint density at radius 1 is 1.38 bits per heavy atom. The molecule has 0 aliphatic heterocycles. The van der Waals surface area contributed by atoms with Crippen molar-refractivity contribution < 1.29 is 14.7 Å². The maximum Gasteiger partial charge on any atom is 0.317 e. The van der Waals surface area contributed by atoms with Crippen LogP contribution in [0.2, 0.25) is 0 Å². The fourth-order valence-electron chi connectivity index (χ4n) is 2.42. The third-order valence-electron chi connectivity index (χ3n) is 3.90. The second-order valence-corrected chi connectivity index (χ2v) is 5.69. The molecule has 0 heterocycles. The number of rotatable bonds is 6. The SMILES string of the molecule is Cc1ccccc1C(NC(=O)N(C)CCC(=O)O)C1CC1. The van der Waals surface area contributed by atoms with Gasteiger partial charge in [-0.05, 0) is 36.8 Å². The number of aryl methyl sites for hydroxylation is 1. The first-order valence-corrected chi connectivity index (χ1v) is 7.28. The number of amides is 2. The minimum atomic E-state index is -0.896. The number of carbonyl (C=O) groups is 2. The number of nitrogens with zero attached hydrogens (tertiary/aromatic N) is 1. The monoisotopic (exact) mass is 290 g/mol. The van der Waals surface area contributed by atoms with Crippen LogP contribution in [-0.2, 0) is 4.79 Å². The lowest BCUT2D eigenvalue weighted by Gasteiger charge is -2.24. The second-order valence-electron chi connectivity index (χ2n) is 5.69. The van der Waals surface area contributed by atoms with Crippen LogP contribution < -0.4 is 5.32 Å². The van der Waals surface area contributed by atoms with E-state index in [1.54, 1.807) is 7.05 Å². The summed E-state index contributed by atoms with van der Waals surface area (Å²) in [5.74, 6) is -0.407. The molecule has 1 fully saturated rings. The van der Waals surface area contributed by atoms with Crippen molar-refractivity contribution in [3.8, 4) is 0 Å². The van der Waals surface area contributed by atoms with E-state index >= 15 is 0 Å². The summed E-state index contributed by atoms with van der Waals surface area (Å²) in [5.41, 5.74) is 2.32. The summed E-state index contributed by atoms with van der Waals surface area (Å²) in [6.45, 7) is 2.26. The molecule has 0 bridgehead atoms. The molecule has 1 aromatic rings. The van der Waals surface area contributed by atoms with Crippen molar-refractivity contribution in [1.82, 2.24) is 10.2 Å². The lowest BCUT2D eigenvalue weighted by atomic mass is 9.98. The number of nitrogens with one attached hydrogen (secondary N) is 1. The van der Waals surface area contributed by atoms with E-state index in [1.165, 1.54) is 10.5 Å². The Kier molecular flexibility index (Phi) is 4.83. The number of aliphatic carboxylic acids is 1. The summed E-state index contributed by atoms with van der Waals surface area (Å²) in [7, 11) is 1.63. The average molecular weight is 290 g/mol. The number of carbonyl (C=O) groups excluding carboxylic acids is 1. The highest BCUT2D eigenvalue weighted by atomic mass is 16.4. The summed E-state index contributed by atoms with van der Waals surface area (Å²) in [6, 6.07) is 7.88. The highest BCUT2D eigenvalue weighted by Crippen LogP contribution is 2.41. The minimum Gasteiger partial charge on any atom is -0.481 e. The van der Waals surface area contributed by atoms with Gasteiger partial charge in [-0.25, -0.2) is 4.79 Å². The van der Waals surface area contributed by atoms with E-state index in [1.807, 2.05) is 25.1 Å². The van der Waals surface area contributed by atoms with E-state index in [0.717, 1.165) is 18.4 Å². The summed E-state index contributed by atoms with van der Waals surface area (Å²) in [5, 5.41) is 11.7. The molecule has 1 unspecified atom stereocenters. The Labute approximate surface area is 125 Å². The molecule has 5 nitrogen and oxygen atoms in total. The molecular weight excluding hydrogens is 268 g/mol.